The van der Waals surface area contributed by atoms with E-state index < -0.39 is 0 Å². The van der Waals surface area contributed by atoms with Crippen LogP contribution >= 0.6 is 27.5 Å². The highest BCUT2D eigenvalue weighted by Crippen LogP contribution is 2.35. The minimum absolute atomic E-state index is 0.457. The number of hydrogen-bond donors (Lipinski definition) is 0. The van der Waals surface area contributed by atoms with Crippen LogP contribution in [0.4, 0.5) is 0 Å². The molecule has 0 fully saturated rings. The third-order valence-corrected chi connectivity index (χ3v) is 4.65. The fourth-order valence-corrected chi connectivity index (χ4v) is 3.14. The second-order valence-electron chi connectivity index (χ2n) is 5.12. The van der Waals surface area contributed by atoms with Crippen LogP contribution in [0.1, 0.15) is 11.1 Å². The van der Waals surface area contributed by atoms with Crippen molar-refractivity contribution in [2.24, 2.45) is 0 Å². The number of ether oxygens (including phenoxy) is 1. The highest BCUT2D eigenvalue weighted by Gasteiger charge is 2.13. The Hall–Kier alpha value is -1.84. The van der Waals surface area contributed by atoms with Crippen LogP contribution in [-0.4, -0.2) is 4.98 Å². The average Bonchev–Trinajstić information content (AvgIpc) is 2.56. The van der Waals surface area contributed by atoms with Crippen LogP contribution in [0.3, 0.4) is 0 Å². The molecule has 23 heavy (non-hydrogen) atoms. The van der Waals surface area contributed by atoms with E-state index in [1.807, 2.05) is 48.5 Å². The van der Waals surface area contributed by atoms with E-state index in [0.717, 1.165) is 32.3 Å². The standard InChI is InChI=1S/C19H15BrClNO/c1-2-6-13-11-17(21)15-8-5-10-22-18(15)19(13)23-12-14-7-3-4-9-16(14)20/h2-5,7-11H,1,6,12H2. The molecule has 3 aromatic rings. The largest absolute Gasteiger partial charge is 0.486 e. The van der Waals surface area contributed by atoms with Crippen LogP contribution in [0.2, 0.25) is 5.02 Å². The summed E-state index contributed by atoms with van der Waals surface area (Å²) in [6.07, 6.45) is 4.27. The van der Waals surface area contributed by atoms with Gasteiger partial charge in [0.15, 0.2) is 0 Å². The van der Waals surface area contributed by atoms with Gasteiger partial charge >= 0.3 is 0 Å². The molecule has 2 nitrogen and oxygen atoms in total. The molecule has 0 aliphatic heterocycles. The van der Waals surface area contributed by atoms with Crippen molar-refractivity contribution in [2.45, 2.75) is 13.0 Å². The lowest BCUT2D eigenvalue weighted by molar-refractivity contribution is 0.306. The Morgan fingerprint density at radius 1 is 1.17 bits per heavy atom. The predicted octanol–water partition coefficient (Wildman–Crippen LogP) is 5.96. The summed E-state index contributed by atoms with van der Waals surface area (Å²) in [5.41, 5.74) is 2.85. The maximum Gasteiger partial charge on any atom is 0.149 e. The van der Waals surface area contributed by atoms with Crippen molar-refractivity contribution in [1.82, 2.24) is 4.98 Å². The monoisotopic (exact) mass is 387 g/mol. The molecule has 0 N–H and O–H groups in total. The molecule has 0 radical (unpaired) electrons. The molecule has 0 saturated heterocycles. The number of pyridine rings is 1. The Bertz CT molecular complexity index is 863. The van der Waals surface area contributed by atoms with Gasteiger partial charge in [0.25, 0.3) is 0 Å². The van der Waals surface area contributed by atoms with Gasteiger partial charge < -0.3 is 4.74 Å². The maximum atomic E-state index is 6.37. The SMILES string of the molecule is C=CCc1cc(Cl)c2cccnc2c1OCc1ccccc1Br. The molecule has 0 aliphatic rings. The highest BCUT2D eigenvalue weighted by atomic mass is 79.9. The molecule has 0 amide bonds. The van der Waals surface area contributed by atoms with Gasteiger partial charge in [-0.3, -0.25) is 4.98 Å². The number of allylic oxidation sites excluding steroid dienone is 1. The summed E-state index contributed by atoms with van der Waals surface area (Å²) in [4.78, 5) is 4.46. The first kappa shape index (κ1) is 16.0. The smallest absolute Gasteiger partial charge is 0.149 e. The Balaban J connectivity index is 2.04. The van der Waals surface area contributed by atoms with Gasteiger partial charge in [-0.25, -0.2) is 0 Å². The van der Waals surface area contributed by atoms with Gasteiger partial charge in [-0.2, -0.15) is 0 Å². The molecule has 3 rings (SSSR count). The quantitative estimate of drug-likeness (QED) is 0.503. The van der Waals surface area contributed by atoms with Crippen molar-refractivity contribution in [2.75, 3.05) is 0 Å². The van der Waals surface area contributed by atoms with Crippen LogP contribution in [0.15, 0.2) is 65.8 Å². The van der Waals surface area contributed by atoms with E-state index in [1.165, 1.54) is 0 Å². The van der Waals surface area contributed by atoms with E-state index in [4.69, 9.17) is 16.3 Å². The third kappa shape index (κ3) is 3.41. The molecule has 0 unspecified atom stereocenters. The molecule has 0 aliphatic carbocycles. The topological polar surface area (TPSA) is 22.1 Å². The van der Waals surface area contributed by atoms with Gasteiger partial charge in [0, 0.05) is 27.2 Å². The summed E-state index contributed by atoms with van der Waals surface area (Å²) >= 11 is 9.92. The van der Waals surface area contributed by atoms with E-state index in [9.17, 15) is 0 Å². The van der Waals surface area contributed by atoms with Gasteiger partial charge in [-0.1, -0.05) is 51.8 Å². The molecule has 116 valence electrons. The summed E-state index contributed by atoms with van der Waals surface area (Å²) in [5, 5.41) is 1.57. The molecular formula is C19H15BrClNO. The molecule has 4 heteroatoms. The lowest BCUT2D eigenvalue weighted by Crippen LogP contribution is -2.01. The molecule has 0 spiro atoms. The van der Waals surface area contributed by atoms with Gasteiger partial charge in [0.2, 0.25) is 0 Å². The number of fused-ring (bicyclic) bond motifs is 1. The van der Waals surface area contributed by atoms with Crippen LogP contribution in [-0.2, 0) is 13.0 Å². The maximum absolute atomic E-state index is 6.37. The van der Waals surface area contributed by atoms with Gasteiger partial charge in [-0.15, -0.1) is 6.58 Å². The number of hydrogen-bond acceptors (Lipinski definition) is 2. The van der Waals surface area contributed by atoms with E-state index in [1.54, 1.807) is 6.20 Å². The van der Waals surface area contributed by atoms with Crippen molar-refractivity contribution >= 4 is 38.4 Å². The van der Waals surface area contributed by atoms with E-state index in [-0.39, 0.29) is 0 Å². The number of rotatable bonds is 5. The lowest BCUT2D eigenvalue weighted by atomic mass is 10.1. The van der Waals surface area contributed by atoms with Crippen LogP contribution in [0, 0.1) is 0 Å². The van der Waals surface area contributed by atoms with Crippen molar-refractivity contribution < 1.29 is 4.74 Å². The first-order chi connectivity index (χ1) is 11.2. The zero-order valence-corrected chi connectivity index (χ0v) is 14.8. The van der Waals surface area contributed by atoms with E-state index >= 15 is 0 Å². The number of aromatic nitrogens is 1. The van der Waals surface area contributed by atoms with Gasteiger partial charge in [0.1, 0.15) is 17.9 Å². The summed E-state index contributed by atoms with van der Waals surface area (Å²) in [6.45, 7) is 4.27. The number of halogens is 2. The summed E-state index contributed by atoms with van der Waals surface area (Å²) in [5.74, 6) is 0.764. The van der Waals surface area contributed by atoms with Gasteiger partial charge in [0.05, 0.1) is 5.02 Å². The van der Waals surface area contributed by atoms with Crippen molar-refractivity contribution in [3.63, 3.8) is 0 Å². The second-order valence-corrected chi connectivity index (χ2v) is 6.38. The van der Waals surface area contributed by atoms with Crippen molar-refractivity contribution in [3.05, 3.63) is 81.9 Å². The van der Waals surface area contributed by atoms with Crippen molar-refractivity contribution in [3.8, 4) is 5.75 Å². The van der Waals surface area contributed by atoms with Crippen molar-refractivity contribution in [1.29, 1.82) is 0 Å². The normalized spacial score (nSPS) is 10.7. The molecule has 0 atom stereocenters. The first-order valence-corrected chi connectivity index (χ1v) is 8.41. The molecule has 2 aromatic carbocycles. The summed E-state index contributed by atoms with van der Waals surface area (Å²) < 4.78 is 7.15. The molecular weight excluding hydrogens is 374 g/mol. The Morgan fingerprint density at radius 2 is 2.00 bits per heavy atom. The Labute approximate surface area is 148 Å². The number of nitrogens with zero attached hydrogens (tertiary/aromatic N) is 1. The molecule has 1 aromatic heterocycles. The van der Waals surface area contributed by atoms with Crippen LogP contribution < -0.4 is 4.74 Å². The van der Waals surface area contributed by atoms with E-state index in [0.29, 0.717) is 18.1 Å². The third-order valence-electron chi connectivity index (χ3n) is 3.57. The minimum Gasteiger partial charge on any atom is -0.486 e. The van der Waals surface area contributed by atoms with Gasteiger partial charge in [-0.05, 0) is 30.7 Å². The summed E-state index contributed by atoms with van der Waals surface area (Å²) in [7, 11) is 0. The average molecular weight is 389 g/mol. The minimum atomic E-state index is 0.457. The molecule has 0 saturated carbocycles. The number of benzene rings is 2. The fourth-order valence-electron chi connectivity index (χ4n) is 2.46. The zero-order valence-electron chi connectivity index (χ0n) is 12.4. The molecule has 1 heterocycles. The Morgan fingerprint density at radius 3 is 2.78 bits per heavy atom. The van der Waals surface area contributed by atoms with Crippen LogP contribution in [0.5, 0.6) is 5.75 Å². The lowest BCUT2D eigenvalue weighted by Gasteiger charge is -2.15. The van der Waals surface area contributed by atoms with Crippen LogP contribution in [0.25, 0.3) is 10.9 Å². The summed E-state index contributed by atoms with van der Waals surface area (Å²) in [6, 6.07) is 13.8. The predicted molar refractivity (Wildman–Crippen MR) is 99.1 cm³/mol. The molecule has 0 bridgehead atoms. The first-order valence-electron chi connectivity index (χ1n) is 7.24. The highest BCUT2D eigenvalue weighted by molar-refractivity contribution is 9.10. The Kier molecular flexibility index (Phi) is 4.99. The fraction of sp³-hybridized carbons (Fsp3) is 0.105. The van der Waals surface area contributed by atoms with E-state index in [2.05, 4.69) is 27.5 Å². The zero-order chi connectivity index (χ0) is 16.2. The second kappa shape index (κ2) is 7.16.